The fourth-order valence-electron chi connectivity index (χ4n) is 1.85. The second-order valence-electron chi connectivity index (χ2n) is 4.18. The lowest BCUT2D eigenvalue weighted by atomic mass is 10.2. The molecule has 1 aromatic carbocycles. The number of rotatable bonds is 4. The van der Waals surface area contributed by atoms with Gasteiger partial charge in [-0.3, -0.25) is 0 Å². The quantitative estimate of drug-likeness (QED) is 0.799. The summed E-state index contributed by atoms with van der Waals surface area (Å²) in [6.45, 7) is 2.45. The van der Waals surface area contributed by atoms with E-state index in [0.29, 0.717) is 11.2 Å². The minimum atomic E-state index is 0.325. The summed E-state index contributed by atoms with van der Waals surface area (Å²) >= 11 is 5.21. The van der Waals surface area contributed by atoms with Crippen LogP contribution >= 0.6 is 12.2 Å². The Hall–Kier alpha value is -1.13. The highest BCUT2D eigenvalue weighted by Gasteiger charge is 2.14. The first-order valence-electron chi connectivity index (χ1n) is 6.02. The van der Waals surface area contributed by atoms with E-state index in [1.165, 1.54) is 5.56 Å². The third-order valence-electron chi connectivity index (χ3n) is 2.81. The van der Waals surface area contributed by atoms with Crippen LogP contribution in [0.25, 0.3) is 0 Å². The van der Waals surface area contributed by atoms with Gasteiger partial charge in [0.05, 0.1) is 6.10 Å². The Balaban J connectivity index is 1.64. The maximum absolute atomic E-state index is 5.52. The third kappa shape index (κ3) is 4.32. The number of ether oxygens (including phenoxy) is 1. The Bertz CT molecular complexity index is 350. The van der Waals surface area contributed by atoms with E-state index in [-0.39, 0.29) is 0 Å². The monoisotopic (exact) mass is 250 g/mol. The highest BCUT2D eigenvalue weighted by Crippen LogP contribution is 2.10. The smallest absolute Gasteiger partial charge is 0.166 e. The molecule has 1 aliphatic rings. The molecule has 0 aliphatic carbocycles. The van der Waals surface area contributed by atoms with Gasteiger partial charge in [-0.25, -0.2) is 0 Å². The average Bonchev–Trinajstić information content (AvgIpc) is 2.88. The highest BCUT2D eigenvalue weighted by atomic mass is 32.1. The lowest BCUT2D eigenvalue weighted by molar-refractivity contribution is 0.114. The summed E-state index contributed by atoms with van der Waals surface area (Å²) in [6.07, 6.45) is 2.62. The normalized spacial score (nSPS) is 18.9. The van der Waals surface area contributed by atoms with E-state index in [9.17, 15) is 0 Å². The van der Waals surface area contributed by atoms with Crippen LogP contribution in [-0.4, -0.2) is 24.4 Å². The van der Waals surface area contributed by atoms with Crippen molar-refractivity contribution in [1.29, 1.82) is 0 Å². The van der Waals surface area contributed by atoms with Crippen LogP contribution in [-0.2, 0) is 11.3 Å². The van der Waals surface area contributed by atoms with E-state index in [4.69, 9.17) is 17.0 Å². The molecule has 1 aliphatic heterocycles. The fourth-order valence-corrected chi connectivity index (χ4v) is 2.01. The molecule has 1 saturated heterocycles. The zero-order valence-corrected chi connectivity index (χ0v) is 10.6. The van der Waals surface area contributed by atoms with Crippen LogP contribution in [0.3, 0.4) is 0 Å². The molecular formula is C13H18N2OS. The first kappa shape index (κ1) is 12.3. The maximum atomic E-state index is 5.52. The summed E-state index contributed by atoms with van der Waals surface area (Å²) in [5.41, 5.74) is 1.23. The summed E-state index contributed by atoms with van der Waals surface area (Å²) in [7, 11) is 0. The van der Waals surface area contributed by atoms with Crippen molar-refractivity contribution in [1.82, 2.24) is 10.6 Å². The Morgan fingerprint density at radius 1 is 1.29 bits per heavy atom. The molecule has 2 rings (SSSR count). The standard InChI is InChI=1S/C13H18N2OS/c17-13(15-10-12-7-4-8-16-12)14-9-11-5-2-1-3-6-11/h1-3,5-6,12H,4,7-10H2,(H2,14,15,17)/t12-/m0/s1. The first-order chi connectivity index (χ1) is 8.34. The van der Waals surface area contributed by atoms with Gasteiger partial charge in [-0.15, -0.1) is 0 Å². The number of hydrogen-bond acceptors (Lipinski definition) is 2. The van der Waals surface area contributed by atoms with Crippen molar-refractivity contribution in [2.75, 3.05) is 13.2 Å². The zero-order chi connectivity index (χ0) is 11.9. The van der Waals surface area contributed by atoms with Gasteiger partial charge in [0.2, 0.25) is 0 Å². The second kappa shape index (κ2) is 6.57. The lowest BCUT2D eigenvalue weighted by Crippen LogP contribution is -2.39. The molecule has 1 heterocycles. The molecule has 17 heavy (non-hydrogen) atoms. The molecule has 1 atom stereocenters. The summed E-state index contributed by atoms with van der Waals surface area (Å²) in [6, 6.07) is 10.2. The van der Waals surface area contributed by atoms with Crippen molar-refractivity contribution in [3.05, 3.63) is 35.9 Å². The summed E-state index contributed by atoms with van der Waals surface area (Å²) in [5.74, 6) is 0. The number of hydrogen-bond donors (Lipinski definition) is 2. The molecule has 0 radical (unpaired) electrons. The number of benzene rings is 1. The summed E-state index contributed by atoms with van der Waals surface area (Å²) in [4.78, 5) is 0. The predicted octanol–water partition coefficient (Wildman–Crippen LogP) is 1.83. The predicted molar refractivity (Wildman–Crippen MR) is 72.9 cm³/mol. The van der Waals surface area contributed by atoms with Gasteiger partial charge in [-0.05, 0) is 30.6 Å². The van der Waals surface area contributed by atoms with Crippen LogP contribution in [0.4, 0.5) is 0 Å². The second-order valence-corrected chi connectivity index (χ2v) is 4.59. The maximum Gasteiger partial charge on any atom is 0.166 e. The molecule has 0 bridgehead atoms. The van der Waals surface area contributed by atoms with Crippen LogP contribution in [0, 0.1) is 0 Å². The van der Waals surface area contributed by atoms with Gasteiger partial charge in [0.1, 0.15) is 0 Å². The molecule has 1 fully saturated rings. The Morgan fingerprint density at radius 3 is 2.82 bits per heavy atom. The van der Waals surface area contributed by atoms with Gasteiger partial charge in [0.15, 0.2) is 5.11 Å². The minimum Gasteiger partial charge on any atom is -0.376 e. The first-order valence-corrected chi connectivity index (χ1v) is 6.42. The van der Waals surface area contributed by atoms with Crippen molar-refractivity contribution in [3.8, 4) is 0 Å². The van der Waals surface area contributed by atoms with Crippen LogP contribution in [0.2, 0.25) is 0 Å². The molecule has 92 valence electrons. The largest absolute Gasteiger partial charge is 0.376 e. The van der Waals surface area contributed by atoms with Gasteiger partial charge >= 0.3 is 0 Å². The Labute approximate surface area is 108 Å². The van der Waals surface area contributed by atoms with Crippen molar-refractivity contribution < 1.29 is 4.74 Å². The van der Waals surface area contributed by atoms with Crippen molar-refractivity contribution in [2.45, 2.75) is 25.5 Å². The molecule has 4 heteroatoms. The third-order valence-corrected chi connectivity index (χ3v) is 3.10. The van der Waals surface area contributed by atoms with E-state index < -0.39 is 0 Å². The van der Waals surface area contributed by atoms with Gasteiger partial charge in [-0.2, -0.15) is 0 Å². The molecule has 2 N–H and O–H groups in total. The molecule has 1 aromatic rings. The van der Waals surface area contributed by atoms with E-state index in [1.807, 2.05) is 18.2 Å². The van der Waals surface area contributed by atoms with Crippen LogP contribution in [0.15, 0.2) is 30.3 Å². The topological polar surface area (TPSA) is 33.3 Å². The molecule has 3 nitrogen and oxygen atoms in total. The Morgan fingerprint density at radius 2 is 2.12 bits per heavy atom. The van der Waals surface area contributed by atoms with Crippen molar-refractivity contribution in [3.63, 3.8) is 0 Å². The van der Waals surface area contributed by atoms with E-state index >= 15 is 0 Å². The summed E-state index contributed by atoms with van der Waals surface area (Å²) in [5, 5.41) is 7.08. The molecule has 0 saturated carbocycles. The number of nitrogens with one attached hydrogen (secondary N) is 2. The molecule has 0 aromatic heterocycles. The SMILES string of the molecule is S=C(NCc1ccccc1)NC[C@@H]1CCCO1. The number of thiocarbonyl (C=S) groups is 1. The van der Waals surface area contributed by atoms with Crippen LogP contribution in [0.5, 0.6) is 0 Å². The van der Waals surface area contributed by atoms with E-state index in [1.54, 1.807) is 0 Å². The molecule has 0 spiro atoms. The Kier molecular flexibility index (Phi) is 4.76. The lowest BCUT2D eigenvalue weighted by Gasteiger charge is -2.13. The zero-order valence-electron chi connectivity index (χ0n) is 9.82. The minimum absolute atomic E-state index is 0.325. The van der Waals surface area contributed by atoms with Gasteiger partial charge in [0, 0.05) is 19.7 Å². The highest BCUT2D eigenvalue weighted by molar-refractivity contribution is 7.80. The molecule has 0 unspecified atom stereocenters. The van der Waals surface area contributed by atoms with Gasteiger partial charge in [-0.1, -0.05) is 30.3 Å². The van der Waals surface area contributed by atoms with Gasteiger partial charge in [0.25, 0.3) is 0 Å². The van der Waals surface area contributed by atoms with Crippen molar-refractivity contribution in [2.24, 2.45) is 0 Å². The summed E-state index contributed by atoms with van der Waals surface area (Å²) < 4.78 is 5.52. The molecular weight excluding hydrogens is 232 g/mol. The van der Waals surface area contributed by atoms with Crippen LogP contribution in [0.1, 0.15) is 18.4 Å². The van der Waals surface area contributed by atoms with Gasteiger partial charge < -0.3 is 15.4 Å². The fraction of sp³-hybridized carbons (Fsp3) is 0.462. The van der Waals surface area contributed by atoms with Crippen molar-refractivity contribution >= 4 is 17.3 Å². The average molecular weight is 250 g/mol. The molecule has 0 amide bonds. The van der Waals surface area contributed by atoms with E-state index in [2.05, 4.69) is 22.8 Å². The van der Waals surface area contributed by atoms with E-state index in [0.717, 1.165) is 32.5 Å². The van der Waals surface area contributed by atoms with Crippen LogP contribution < -0.4 is 10.6 Å².